The summed E-state index contributed by atoms with van der Waals surface area (Å²) in [6.07, 6.45) is 3.83. The first-order chi connectivity index (χ1) is 16.2. The monoisotopic (exact) mass is 508 g/mol. The molecule has 0 spiro atoms. The van der Waals surface area contributed by atoms with Crippen molar-refractivity contribution in [2.75, 3.05) is 26.8 Å². The van der Waals surface area contributed by atoms with Crippen LogP contribution in [0.4, 0.5) is 0 Å². The van der Waals surface area contributed by atoms with Gasteiger partial charge >= 0.3 is 0 Å². The number of imidazole rings is 1. The molecule has 0 unspecified atom stereocenters. The molecule has 10 heteroatoms. The van der Waals surface area contributed by atoms with Crippen molar-refractivity contribution in [3.63, 3.8) is 0 Å². The number of benzene rings is 1. The van der Waals surface area contributed by atoms with Gasteiger partial charge in [0.2, 0.25) is 15.0 Å². The van der Waals surface area contributed by atoms with Crippen molar-refractivity contribution in [1.82, 2.24) is 19.8 Å². The summed E-state index contributed by atoms with van der Waals surface area (Å²) in [5.74, 6) is 0.723. The Bertz CT molecular complexity index is 1060. The van der Waals surface area contributed by atoms with Crippen LogP contribution < -0.4 is 10.1 Å². The molecule has 34 heavy (non-hydrogen) atoms. The zero-order valence-electron chi connectivity index (χ0n) is 20.5. The Hall–Kier alpha value is -2.17. The van der Waals surface area contributed by atoms with E-state index in [9.17, 15) is 8.42 Å². The van der Waals surface area contributed by atoms with Crippen molar-refractivity contribution in [2.24, 2.45) is 5.92 Å². The second-order valence-corrected chi connectivity index (χ2v) is 11.3. The van der Waals surface area contributed by atoms with E-state index < -0.39 is 9.84 Å². The first-order valence-corrected chi connectivity index (χ1v) is 13.8. The molecular weight excluding hydrogens is 472 g/mol. The lowest BCUT2D eigenvalue weighted by Gasteiger charge is -2.28. The van der Waals surface area contributed by atoms with Crippen LogP contribution in [-0.4, -0.2) is 60.9 Å². The highest BCUT2D eigenvalue weighted by Crippen LogP contribution is 2.23. The highest BCUT2D eigenvalue weighted by molar-refractivity contribution is 7.90. The van der Waals surface area contributed by atoms with Crippen molar-refractivity contribution >= 4 is 27.2 Å². The number of thiocarbonyl (C=S) groups is 1. The number of sulfone groups is 1. The van der Waals surface area contributed by atoms with E-state index in [-0.39, 0.29) is 22.9 Å². The van der Waals surface area contributed by atoms with E-state index in [0.29, 0.717) is 42.6 Å². The van der Waals surface area contributed by atoms with Gasteiger partial charge in [-0.3, -0.25) is 0 Å². The zero-order chi connectivity index (χ0) is 24.7. The summed E-state index contributed by atoms with van der Waals surface area (Å²) in [5.41, 5.74) is 1.48. The maximum absolute atomic E-state index is 13.4. The van der Waals surface area contributed by atoms with Gasteiger partial charge in [-0.15, -0.1) is 0 Å². The van der Waals surface area contributed by atoms with Crippen molar-refractivity contribution in [2.45, 2.75) is 63.7 Å². The van der Waals surface area contributed by atoms with Crippen molar-refractivity contribution in [1.29, 1.82) is 0 Å². The van der Waals surface area contributed by atoms with Crippen LogP contribution in [0.2, 0.25) is 0 Å². The minimum absolute atomic E-state index is 0.0884. The van der Waals surface area contributed by atoms with Crippen LogP contribution in [0.3, 0.4) is 0 Å². The van der Waals surface area contributed by atoms with E-state index in [0.717, 1.165) is 25.1 Å². The van der Waals surface area contributed by atoms with Crippen LogP contribution in [0.5, 0.6) is 5.75 Å². The molecule has 1 aliphatic rings. The van der Waals surface area contributed by atoms with Gasteiger partial charge in [-0.1, -0.05) is 26.0 Å². The Balaban J connectivity index is 1.90. The quantitative estimate of drug-likeness (QED) is 0.463. The number of hydrogen-bond donors (Lipinski definition) is 1. The summed E-state index contributed by atoms with van der Waals surface area (Å²) in [4.78, 5) is 6.45. The Kier molecular flexibility index (Phi) is 9.32. The molecule has 0 bridgehead atoms. The highest BCUT2D eigenvalue weighted by atomic mass is 32.2. The number of nitrogens with zero attached hydrogens (tertiary/aromatic N) is 3. The van der Waals surface area contributed by atoms with E-state index in [4.69, 9.17) is 21.7 Å². The van der Waals surface area contributed by atoms with E-state index >= 15 is 0 Å². The fraction of sp³-hybridized carbons (Fsp3) is 0.583. The van der Waals surface area contributed by atoms with Crippen molar-refractivity contribution in [3.8, 4) is 5.75 Å². The van der Waals surface area contributed by atoms with Gasteiger partial charge in [0.15, 0.2) is 5.11 Å². The SMILES string of the molecule is CCNC(=S)N(Cc1cnc(S(=O)(=O)Cc2cccc(OC)c2)n1CC(C)C)C[C@H]1CCCO1. The maximum Gasteiger partial charge on any atom is 0.228 e. The molecule has 2 aromatic rings. The smallest absolute Gasteiger partial charge is 0.228 e. The van der Waals surface area contributed by atoms with E-state index in [1.165, 1.54) is 0 Å². The van der Waals surface area contributed by atoms with Crippen LogP contribution in [-0.2, 0) is 33.4 Å². The van der Waals surface area contributed by atoms with E-state index in [1.807, 2.05) is 11.5 Å². The van der Waals surface area contributed by atoms with Gasteiger partial charge in [-0.25, -0.2) is 13.4 Å². The first-order valence-electron chi connectivity index (χ1n) is 11.8. The van der Waals surface area contributed by atoms with E-state index in [2.05, 4.69) is 29.0 Å². The first kappa shape index (κ1) is 26.4. The Morgan fingerprint density at radius 2 is 2.21 bits per heavy atom. The average Bonchev–Trinajstić information content (AvgIpc) is 3.43. The summed E-state index contributed by atoms with van der Waals surface area (Å²) in [7, 11) is -2.11. The van der Waals surface area contributed by atoms with Gasteiger partial charge in [0.25, 0.3) is 0 Å². The fourth-order valence-electron chi connectivity index (χ4n) is 4.09. The molecule has 1 N–H and O–H groups in total. The fourth-order valence-corrected chi connectivity index (χ4v) is 5.86. The zero-order valence-corrected chi connectivity index (χ0v) is 22.1. The number of nitrogens with one attached hydrogen (secondary N) is 1. The summed E-state index contributed by atoms with van der Waals surface area (Å²) in [6, 6.07) is 7.12. The molecule has 0 aliphatic carbocycles. The topological polar surface area (TPSA) is 85.7 Å². The molecule has 188 valence electrons. The molecule has 1 aromatic heterocycles. The summed E-state index contributed by atoms with van der Waals surface area (Å²) < 4.78 is 39.8. The molecule has 1 saturated heterocycles. The third-order valence-corrected chi connectivity index (χ3v) is 7.63. The molecule has 2 heterocycles. The van der Waals surface area contributed by atoms with Crippen LogP contribution in [0.25, 0.3) is 0 Å². The number of methoxy groups -OCH3 is 1. The van der Waals surface area contributed by atoms with Gasteiger partial charge in [-0.2, -0.15) is 0 Å². The van der Waals surface area contributed by atoms with Gasteiger partial charge in [0.05, 0.1) is 37.4 Å². The lowest BCUT2D eigenvalue weighted by Crippen LogP contribution is -2.43. The number of ether oxygens (including phenoxy) is 2. The van der Waals surface area contributed by atoms with Crippen LogP contribution in [0, 0.1) is 5.92 Å². The van der Waals surface area contributed by atoms with Gasteiger partial charge in [0, 0.05) is 26.2 Å². The minimum Gasteiger partial charge on any atom is -0.497 e. The maximum atomic E-state index is 13.4. The largest absolute Gasteiger partial charge is 0.497 e. The third kappa shape index (κ3) is 6.93. The predicted molar refractivity (Wildman–Crippen MR) is 137 cm³/mol. The average molecular weight is 509 g/mol. The lowest BCUT2D eigenvalue weighted by atomic mass is 10.2. The van der Waals surface area contributed by atoms with Gasteiger partial charge < -0.3 is 24.3 Å². The Morgan fingerprint density at radius 1 is 1.41 bits per heavy atom. The second-order valence-electron chi connectivity index (χ2n) is 9.00. The molecule has 1 aliphatic heterocycles. The molecule has 1 atom stereocenters. The van der Waals surface area contributed by atoms with Crippen LogP contribution in [0.1, 0.15) is 44.9 Å². The minimum atomic E-state index is -3.68. The van der Waals surface area contributed by atoms with Crippen molar-refractivity contribution in [3.05, 3.63) is 41.7 Å². The Labute approximate surface area is 208 Å². The summed E-state index contributed by atoms with van der Waals surface area (Å²) >= 11 is 5.63. The third-order valence-electron chi connectivity index (χ3n) is 5.63. The summed E-state index contributed by atoms with van der Waals surface area (Å²) in [6.45, 7) is 9.28. The normalized spacial score (nSPS) is 16.1. The predicted octanol–water partition coefficient (Wildman–Crippen LogP) is 3.40. The highest BCUT2D eigenvalue weighted by Gasteiger charge is 2.27. The van der Waals surface area contributed by atoms with Crippen LogP contribution >= 0.6 is 12.2 Å². The second kappa shape index (κ2) is 12.0. The van der Waals surface area contributed by atoms with E-state index in [1.54, 1.807) is 37.6 Å². The molecule has 0 amide bonds. The molecule has 0 saturated carbocycles. The molecule has 8 nitrogen and oxygen atoms in total. The standard InChI is InChI=1S/C24H36N4O4S2/c1-5-25-23(33)27(16-22-10-7-11-32-22)15-20-13-26-24(28(20)14-18(2)3)34(29,30)17-19-8-6-9-21(12-19)31-4/h6,8-9,12-13,18,22H,5,7,10-11,14-17H2,1-4H3,(H,25,33)/t22-/m1/s1. The number of hydrogen-bond acceptors (Lipinski definition) is 6. The van der Waals surface area contributed by atoms with Gasteiger partial charge in [-0.05, 0) is 55.6 Å². The molecule has 1 fully saturated rings. The molecule has 1 aromatic carbocycles. The van der Waals surface area contributed by atoms with Crippen LogP contribution in [0.15, 0.2) is 35.6 Å². The number of rotatable bonds is 11. The number of aromatic nitrogens is 2. The lowest BCUT2D eigenvalue weighted by molar-refractivity contribution is 0.0892. The molecular formula is C24H36N4O4S2. The van der Waals surface area contributed by atoms with Crippen molar-refractivity contribution < 1.29 is 17.9 Å². The molecule has 3 rings (SSSR count). The van der Waals surface area contributed by atoms with Gasteiger partial charge in [0.1, 0.15) is 5.75 Å². The Morgan fingerprint density at radius 3 is 2.85 bits per heavy atom. The molecule has 0 radical (unpaired) electrons. The summed E-state index contributed by atoms with van der Waals surface area (Å²) in [5, 5.41) is 3.95.